The number of phenolic OH excluding ortho intramolecular Hbond substituents is 1. The number of nitrogens with zero attached hydrogens (tertiary/aromatic N) is 6. The lowest BCUT2D eigenvalue weighted by molar-refractivity contribution is 0.308. The third kappa shape index (κ3) is 6.14. The lowest BCUT2D eigenvalue weighted by Gasteiger charge is -2.24. The fourth-order valence-electron chi connectivity index (χ4n) is 7.19. The maximum atomic E-state index is 15.4. The first kappa shape index (κ1) is 31.2. The summed E-state index contributed by atoms with van der Waals surface area (Å²) >= 11 is 0. The van der Waals surface area contributed by atoms with E-state index in [4.69, 9.17) is 16.2 Å². The number of nitrogen functional groups attached to an aromatic ring is 2. The largest absolute Gasteiger partial charge is 0.507 e. The predicted octanol–water partition coefficient (Wildman–Crippen LogP) is 6.64. The summed E-state index contributed by atoms with van der Waals surface area (Å²) in [6, 6.07) is 33.0. The van der Waals surface area contributed by atoms with E-state index in [1.54, 1.807) is 30.3 Å². The van der Waals surface area contributed by atoms with E-state index in [1.807, 2.05) is 66.7 Å². The summed E-state index contributed by atoms with van der Waals surface area (Å²) in [6.45, 7) is 4.39. The van der Waals surface area contributed by atoms with Crippen molar-refractivity contribution in [2.75, 3.05) is 42.5 Å². The molecule has 11 heteroatoms. The minimum atomic E-state index is -0.465. The number of phenols is 1. The lowest BCUT2D eigenvalue weighted by atomic mass is 10.0. The van der Waals surface area contributed by atoms with Crippen molar-refractivity contribution in [3.8, 4) is 50.9 Å². The normalized spacial score (nSPS) is 17.2. The third-order valence-electron chi connectivity index (χ3n) is 9.56. The number of hydrogen-bond donors (Lipinski definition) is 3. The van der Waals surface area contributed by atoms with Gasteiger partial charge < -0.3 is 26.2 Å². The highest BCUT2D eigenvalue weighted by Crippen LogP contribution is 2.40. The van der Waals surface area contributed by atoms with Crippen molar-refractivity contribution in [1.29, 1.82) is 0 Å². The highest BCUT2D eigenvalue weighted by molar-refractivity contribution is 5.79. The van der Waals surface area contributed by atoms with E-state index < -0.39 is 5.82 Å². The van der Waals surface area contributed by atoms with Crippen LogP contribution >= 0.6 is 0 Å². The Hall–Kier alpha value is -6.07. The number of rotatable bonds is 8. The smallest absolute Gasteiger partial charge is 0.169 e. The Balaban J connectivity index is 0.954. The summed E-state index contributed by atoms with van der Waals surface area (Å²) in [6.07, 6.45) is 0. The summed E-state index contributed by atoms with van der Waals surface area (Å²) in [7, 11) is 0. The molecule has 0 aliphatic carbocycles. The van der Waals surface area contributed by atoms with Crippen LogP contribution in [0.1, 0.15) is 5.56 Å². The Morgan fingerprint density at radius 3 is 2.22 bits per heavy atom. The number of ether oxygens (including phenoxy) is 1. The maximum absolute atomic E-state index is 15.4. The molecule has 8 rings (SSSR count). The number of fused-ring (bicyclic) bond motifs is 1. The van der Waals surface area contributed by atoms with E-state index in [0.717, 1.165) is 49.5 Å². The zero-order valence-corrected chi connectivity index (χ0v) is 27.2. The van der Waals surface area contributed by atoms with E-state index in [1.165, 1.54) is 6.07 Å². The topological polar surface area (TPSA) is 140 Å². The number of aromatic hydroxyl groups is 1. The summed E-state index contributed by atoms with van der Waals surface area (Å²) in [5, 5.41) is 27.2. The molecule has 0 amide bonds. The Morgan fingerprint density at radius 1 is 0.700 bits per heavy atom. The Morgan fingerprint density at radius 2 is 1.42 bits per heavy atom. The molecule has 50 heavy (non-hydrogen) atoms. The molecule has 250 valence electrons. The van der Waals surface area contributed by atoms with E-state index in [9.17, 15) is 5.11 Å². The Labute approximate surface area is 288 Å². The number of hydrogen-bond acceptors (Lipinski definition) is 10. The minimum Gasteiger partial charge on any atom is -0.507 e. The second kappa shape index (κ2) is 13.1. The number of halogens is 1. The van der Waals surface area contributed by atoms with Gasteiger partial charge >= 0.3 is 0 Å². The highest BCUT2D eigenvalue weighted by Gasteiger charge is 2.40. The third-order valence-corrected chi connectivity index (χ3v) is 9.56. The number of likely N-dealkylation sites (tertiary alicyclic amines) is 1. The van der Waals surface area contributed by atoms with Gasteiger partial charge in [-0.2, -0.15) is 0 Å². The molecule has 2 aromatic heterocycles. The van der Waals surface area contributed by atoms with Crippen LogP contribution in [0.5, 0.6) is 17.2 Å². The van der Waals surface area contributed by atoms with Crippen LogP contribution in [0.4, 0.5) is 21.7 Å². The number of aromatic nitrogens is 4. The van der Waals surface area contributed by atoms with Crippen molar-refractivity contribution in [2.45, 2.75) is 6.54 Å². The molecule has 0 spiro atoms. The summed E-state index contributed by atoms with van der Waals surface area (Å²) in [5.74, 6) is 2.25. The molecule has 2 fully saturated rings. The van der Waals surface area contributed by atoms with Crippen LogP contribution in [0.15, 0.2) is 109 Å². The molecule has 4 aromatic carbocycles. The van der Waals surface area contributed by atoms with Crippen molar-refractivity contribution >= 4 is 17.3 Å². The molecule has 10 nitrogen and oxygen atoms in total. The SMILES string of the molecule is Nc1nnc(-c2c(F)cccc2Oc2cccc(CN3C[C@@H]4CN(c5cc(-c6ccccc6O)nnc5N)C[C@@H]4C3)c2)cc1-c1ccccc1. The molecule has 4 heterocycles. The van der Waals surface area contributed by atoms with Gasteiger partial charge in [-0.3, -0.25) is 4.90 Å². The summed E-state index contributed by atoms with van der Waals surface area (Å²) in [5.41, 5.74) is 17.7. The quantitative estimate of drug-likeness (QED) is 0.162. The van der Waals surface area contributed by atoms with Crippen LogP contribution in [0, 0.1) is 17.7 Å². The van der Waals surface area contributed by atoms with E-state index in [2.05, 4.69) is 36.3 Å². The average molecular weight is 667 g/mol. The van der Waals surface area contributed by atoms with Gasteiger partial charge in [0.2, 0.25) is 0 Å². The van der Waals surface area contributed by atoms with Gasteiger partial charge in [0.1, 0.15) is 28.8 Å². The first-order valence-corrected chi connectivity index (χ1v) is 16.5. The molecule has 2 aliphatic rings. The van der Waals surface area contributed by atoms with Crippen molar-refractivity contribution in [1.82, 2.24) is 25.3 Å². The predicted molar refractivity (Wildman–Crippen MR) is 192 cm³/mol. The van der Waals surface area contributed by atoms with E-state index in [0.29, 0.717) is 51.7 Å². The fourth-order valence-corrected chi connectivity index (χ4v) is 7.19. The Kier molecular flexibility index (Phi) is 8.17. The van der Waals surface area contributed by atoms with Gasteiger partial charge in [-0.1, -0.05) is 60.7 Å². The van der Waals surface area contributed by atoms with Gasteiger partial charge in [0, 0.05) is 43.9 Å². The van der Waals surface area contributed by atoms with Gasteiger partial charge in [-0.15, -0.1) is 20.4 Å². The molecule has 2 aliphatic heterocycles. The fraction of sp³-hybridized carbons (Fsp3) is 0.179. The monoisotopic (exact) mass is 666 g/mol. The first-order chi connectivity index (χ1) is 24.4. The molecule has 5 N–H and O–H groups in total. The average Bonchev–Trinajstić information content (AvgIpc) is 3.69. The van der Waals surface area contributed by atoms with Crippen molar-refractivity contribution in [3.05, 3.63) is 121 Å². The molecule has 0 unspecified atom stereocenters. The second-order valence-corrected chi connectivity index (χ2v) is 12.9. The number of nitrogens with two attached hydrogens (primary N) is 2. The molecule has 2 atom stereocenters. The molecule has 6 aromatic rings. The van der Waals surface area contributed by atoms with Crippen LogP contribution < -0.4 is 21.1 Å². The maximum Gasteiger partial charge on any atom is 0.169 e. The van der Waals surface area contributed by atoms with Crippen molar-refractivity contribution in [2.24, 2.45) is 11.8 Å². The van der Waals surface area contributed by atoms with Gasteiger partial charge in [-0.25, -0.2) is 4.39 Å². The molecule has 0 saturated carbocycles. The molecule has 0 bridgehead atoms. The van der Waals surface area contributed by atoms with Crippen molar-refractivity contribution in [3.63, 3.8) is 0 Å². The second-order valence-electron chi connectivity index (χ2n) is 12.9. The lowest BCUT2D eigenvalue weighted by Crippen LogP contribution is -2.29. The minimum absolute atomic E-state index is 0.158. The number of benzene rings is 4. The molecular weight excluding hydrogens is 631 g/mol. The summed E-state index contributed by atoms with van der Waals surface area (Å²) in [4.78, 5) is 4.76. The zero-order chi connectivity index (χ0) is 34.2. The standard InChI is InChI=1S/C39H35FN8O2/c40-31-13-7-15-36(37(31)33-17-30(38(41)45-44-33)25-9-2-1-3-10-25)50-28-11-6-8-24(16-28)19-47-20-26-22-48(23-27(26)21-47)34-18-32(43-46-39(34)42)29-12-4-5-14-35(29)49/h1-18,26-27,49H,19-23H2,(H2,41,45)(H2,42,46)/t26-,27+. The summed E-state index contributed by atoms with van der Waals surface area (Å²) < 4.78 is 21.7. The van der Waals surface area contributed by atoms with Crippen molar-refractivity contribution < 1.29 is 14.2 Å². The van der Waals surface area contributed by atoms with Crippen LogP contribution in [-0.4, -0.2) is 56.6 Å². The van der Waals surface area contributed by atoms with Crippen LogP contribution in [0.3, 0.4) is 0 Å². The Bertz CT molecular complexity index is 2170. The van der Waals surface area contributed by atoms with Gasteiger partial charge in [0.15, 0.2) is 11.6 Å². The molecule has 0 radical (unpaired) electrons. The molecule has 2 saturated heterocycles. The van der Waals surface area contributed by atoms with Gasteiger partial charge in [0.05, 0.1) is 16.9 Å². The molecular formula is C39H35FN8O2. The van der Waals surface area contributed by atoms with E-state index >= 15 is 4.39 Å². The number of para-hydroxylation sites is 1. The number of anilines is 3. The van der Waals surface area contributed by atoms with Gasteiger partial charge in [-0.05, 0) is 71.5 Å². The van der Waals surface area contributed by atoms with Crippen LogP contribution in [-0.2, 0) is 6.54 Å². The van der Waals surface area contributed by atoms with Crippen LogP contribution in [0.2, 0.25) is 0 Å². The zero-order valence-electron chi connectivity index (χ0n) is 27.2. The first-order valence-electron chi connectivity index (χ1n) is 16.5. The highest BCUT2D eigenvalue weighted by atomic mass is 19.1. The van der Waals surface area contributed by atoms with E-state index in [-0.39, 0.29) is 17.1 Å². The van der Waals surface area contributed by atoms with Gasteiger partial charge in [0.25, 0.3) is 0 Å². The van der Waals surface area contributed by atoms with Crippen LogP contribution in [0.25, 0.3) is 33.6 Å².